The van der Waals surface area contributed by atoms with Crippen LogP contribution in [0, 0.1) is 0 Å². The predicted octanol–water partition coefficient (Wildman–Crippen LogP) is 3.87. The number of ether oxygens (including phenoxy) is 2. The summed E-state index contributed by atoms with van der Waals surface area (Å²) in [5.74, 6) is 1.24. The minimum Gasteiger partial charge on any atom is -0.493 e. The largest absolute Gasteiger partial charge is 0.493 e. The maximum absolute atomic E-state index is 13.0. The minimum atomic E-state index is 0.0297. The fourth-order valence-corrected chi connectivity index (χ4v) is 4.04. The van der Waals surface area contributed by atoms with Gasteiger partial charge in [-0.3, -0.25) is 4.79 Å². The molecule has 0 spiro atoms. The van der Waals surface area contributed by atoms with Crippen molar-refractivity contribution >= 4 is 5.91 Å². The third kappa shape index (κ3) is 5.51. The first-order chi connectivity index (χ1) is 14.1. The van der Waals surface area contributed by atoms with Crippen molar-refractivity contribution in [3.8, 4) is 11.5 Å². The second-order valence-corrected chi connectivity index (χ2v) is 7.67. The lowest BCUT2D eigenvalue weighted by Gasteiger charge is -2.37. The molecular formula is C24H32N2O3. The van der Waals surface area contributed by atoms with Gasteiger partial charge in [0.25, 0.3) is 5.91 Å². The molecule has 1 unspecified atom stereocenters. The van der Waals surface area contributed by atoms with Gasteiger partial charge in [0.2, 0.25) is 0 Å². The number of likely N-dealkylation sites (tertiary alicyclic amines) is 1. The zero-order valence-electron chi connectivity index (χ0n) is 17.8. The van der Waals surface area contributed by atoms with Crippen LogP contribution in [0.5, 0.6) is 11.5 Å². The molecule has 156 valence electrons. The van der Waals surface area contributed by atoms with Crippen LogP contribution in [0.1, 0.15) is 35.2 Å². The van der Waals surface area contributed by atoms with Gasteiger partial charge in [0.05, 0.1) is 14.2 Å². The van der Waals surface area contributed by atoms with E-state index >= 15 is 0 Å². The van der Waals surface area contributed by atoms with Crippen molar-refractivity contribution in [3.63, 3.8) is 0 Å². The van der Waals surface area contributed by atoms with Gasteiger partial charge in [-0.05, 0) is 62.5 Å². The Morgan fingerprint density at radius 3 is 2.59 bits per heavy atom. The monoisotopic (exact) mass is 396 g/mol. The number of aryl methyl sites for hydroxylation is 1. The van der Waals surface area contributed by atoms with Crippen LogP contribution in [0.4, 0.5) is 0 Å². The average Bonchev–Trinajstić information content (AvgIpc) is 2.78. The van der Waals surface area contributed by atoms with Crippen LogP contribution in [0.15, 0.2) is 48.5 Å². The molecule has 29 heavy (non-hydrogen) atoms. The Morgan fingerprint density at radius 2 is 1.86 bits per heavy atom. The standard InChI is InChI=1S/C24H32N2O3/c1-25(24(27)20-13-14-22(28-2)23(17-20)29-3)21-12-8-16-26(18-21)15-7-11-19-9-5-4-6-10-19/h4-6,9-10,13-14,17,21H,7-8,11-12,15-16,18H2,1-3H3. The number of carbonyl (C=O) groups excluding carboxylic acids is 1. The Balaban J connectivity index is 1.56. The molecule has 0 saturated carbocycles. The number of hydrogen-bond donors (Lipinski definition) is 0. The Kier molecular flexibility index (Phi) is 7.53. The Bertz CT molecular complexity index is 794. The summed E-state index contributed by atoms with van der Waals surface area (Å²) in [6.45, 7) is 3.12. The van der Waals surface area contributed by atoms with E-state index < -0.39 is 0 Å². The molecule has 1 fully saturated rings. The minimum absolute atomic E-state index is 0.0297. The third-order valence-electron chi connectivity index (χ3n) is 5.76. The number of benzene rings is 2. The van der Waals surface area contributed by atoms with E-state index in [4.69, 9.17) is 9.47 Å². The fourth-order valence-electron chi connectivity index (χ4n) is 4.04. The molecule has 2 aromatic rings. The van der Waals surface area contributed by atoms with Crippen molar-refractivity contribution in [1.82, 2.24) is 9.80 Å². The number of carbonyl (C=O) groups is 1. The number of rotatable bonds is 8. The van der Waals surface area contributed by atoms with Crippen molar-refractivity contribution in [2.45, 2.75) is 31.7 Å². The summed E-state index contributed by atoms with van der Waals surface area (Å²) in [4.78, 5) is 17.4. The Hall–Kier alpha value is -2.53. The maximum atomic E-state index is 13.0. The summed E-state index contributed by atoms with van der Waals surface area (Å²) in [7, 11) is 5.10. The summed E-state index contributed by atoms with van der Waals surface area (Å²) in [6.07, 6.45) is 4.41. The molecule has 1 amide bonds. The van der Waals surface area contributed by atoms with Gasteiger partial charge in [-0.2, -0.15) is 0 Å². The molecule has 0 aromatic heterocycles. The smallest absolute Gasteiger partial charge is 0.254 e. The Labute approximate surface area is 174 Å². The lowest BCUT2D eigenvalue weighted by atomic mass is 10.0. The summed E-state index contributed by atoms with van der Waals surface area (Å²) in [6, 6.07) is 16.2. The number of hydrogen-bond acceptors (Lipinski definition) is 4. The highest BCUT2D eigenvalue weighted by Gasteiger charge is 2.27. The number of methoxy groups -OCH3 is 2. The van der Waals surface area contributed by atoms with E-state index in [1.807, 2.05) is 11.9 Å². The summed E-state index contributed by atoms with van der Waals surface area (Å²) in [5.41, 5.74) is 2.02. The van der Waals surface area contributed by atoms with Crippen molar-refractivity contribution in [3.05, 3.63) is 59.7 Å². The third-order valence-corrected chi connectivity index (χ3v) is 5.76. The van der Waals surface area contributed by atoms with Gasteiger partial charge in [-0.25, -0.2) is 0 Å². The van der Waals surface area contributed by atoms with E-state index in [-0.39, 0.29) is 11.9 Å². The second kappa shape index (κ2) is 10.3. The molecule has 1 heterocycles. The number of nitrogens with zero attached hydrogens (tertiary/aromatic N) is 2. The van der Waals surface area contributed by atoms with E-state index in [1.165, 1.54) is 5.56 Å². The second-order valence-electron chi connectivity index (χ2n) is 7.67. The van der Waals surface area contributed by atoms with Crippen molar-refractivity contribution in [2.24, 2.45) is 0 Å². The van der Waals surface area contributed by atoms with E-state index in [1.54, 1.807) is 32.4 Å². The van der Waals surface area contributed by atoms with E-state index in [0.717, 1.165) is 45.3 Å². The predicted molar refractivity (Wildman–Crippen MR) is 116 cm³/mol. The first-order valence-electron chi connectivity index (χ1n) is 10.4. The molecule has 1 saturated heterocycles. The van der Waals surface area contributed by atoms with Crippen LogP contribution in [0.2, 0.25) is 0 Å². The van der Waals surface area contributed by atoms with Gasteiger partial charge in [-0.1, -0.05) is 30.3 Å². The normalized spacial score (nSPS) is 17.0. The van der Waals surface area contributed by atoms with E-state index in [0.29, 0.717) is 17.1 Å². The van der Waals surface area contributed by atoms with Crippen molar-refractivity contribution < 1.29 is 14.3 Å². The molecule has 2 aromatic carbocycles. The van der Waals surface area contributed by atoms with E-state index in [9.17, 15) is 4.79 Å². The fraction of sp³-hybridized carbons (Fsp3) is 0.458. The average molecular weight is 397 g/mol. The lowest BCUT2D eigenvalue weighted by molar-refractivity contribution is 0.0616. The van der Waals surface area contributed by atoms with Gasteiger partial charge in [0.15, 0.2) is 11.5 Å². The van der Waals surface area contributed by atoms with Crippen LogP contribution >= 0.6 is 0 Å². The molecule has 0 aliphatic carbocycles. The first kappa shape index (κ1) is 21.2. The van der Waals surface area contributed by atoms with Crippen LogP contribution in [-0.4, -0.2) is 62.7 Å². The molecule has 1 aliphatic rings. The van der Waals surface area contributed by atoms with Crippen LogP contribution < -0.4 is 9.47 Å². The topological polar surface area (TPSA) is 42.0 Å². The summed E-state index contributed by atoms with van der Waals surface area (Å²) in [5, 5.41) is 0. The highest BCUT2D eigenvalue weighted by atomic mass is 16.5. The van der Waals surface area contributed by atoms with Gasteiger partial charge >= 0.3 is 0 Å². The summed E-state index contributed by atoms with van der Waals surface area (Å²) >= 11 is 0. The highest BCUT2D eigenvalue weighted by molar-refractivity contribution is 5.95. The summed E-state index contributed by atoms with van der Waals surface area (Å²) < 4.78 is 10.6. The quantitative estimate of drug-likeness (QED) is 0.679. The van der Waals surface area contributed by atoms with Gasteiger partial charge in [0.1, 0.15) is 0 Å². The molecule has 5 nitrogen and oxygen atoms in total. The number of amides is 1. The molecule has 1 aliphatic heterocycles. The van der Waals surface area contributed by atoms with Crippen LogP contribution in [-0.2, 0) is 6.42 Å². The molecular weight excluding hydrogens is 364 g/mol. The molecule has 1 atom stereocenters. The molecule has 0 N–H and O–H groups in total. The van der Waals surface area contributed by atoms with Gasteiger partial charge in [0, 0.05) is 25.2 Å². The Morgan fingerprint density at radius 1 is 1.10 bits per heavy atom. The number of piperidine rings is 1. The van der Waals surface area contributed by atoms with E-state index in [2.05, 4.69) is 35.2 Å². The molecule has 3 rings (SSSR count). The SMILES string of the molecule is COc1ccc(C(=O)N(C)C2CCCN(CCCc3ccccc3)C2)cc1OC. The highest BCUT2D eigenvalue weighted by Crippen LogP contribution is 2.28. The number of likely N-dealkylation sites (N-methyl/N-ethyl adjacent to an activating group) is 1. The molecule has 5 heteroatoms. The van der Waals surface area contributed by atoms with Crippen LogP contribution in [0.3, 0.4) is 0 Å². The van der Waals surface area contributed by atoms with Gasteiger partial charge < -0.3 is 19.3 Å². The first-order valence-corrected chi connectivity index (χ1v) is 10.4. The maximum Gasteiger partial charge on any atom is 0.254 e. The van der Waals surface area contributed by atoms with Crippen molar-refractivity contribution in [1.29, 1.82) is 0 Å². The zero-order valence-corrected chi connectivity index (χ0v) is 17.8. The molecule has 0 radical (unpaired) electrons. The van der Waals surface area contributed by atoms with Crippen molar-refractivity contribution in [2.75, 3.05) is 40.9 Å². The molecule has 0 bridgehead atoms. The lowest BCUT2D eigenvalue weighted by Crippen LogP contribution is -2.48. The zero-order chi connectivity index (χ0) is 20.6. The van der Waals surface area contributed by atoms with Crippen LogP contribution in [0.25, 0.3) is 0 Å². The van der Waals surface area contributed by atoms with Gasteiger partial charge in [-0.15, -0.1) is 0 Å².